The summed E-state index contributed by atoms with van der Waals surface area (Å²) < 4.78 is 0. The van der Waals surface area contributed by atoms with E-state index >= 15 is 0 Å². The summed E-state index contributed by atoms with van der Waals surface area (Å²) in [5.74, 6) is 0. The minimum absolute atomic E-state index is 0.748. The third-order valence-corrected chi connectivity index (χ3v) is 4.64. The van der Waals surface area contributed by atoms with Crippen molar-refractivity contribution in [1.29, 1.82) is 0 Å². The Bertz CT molecular complexity index is 378. The summed E-state index contributed by atoms with van der Waals surface area (Å²) in [5, 5.41) is 3.71. The fourth-order valence-electron chi connectivity index (χ4n) is 3.73. The van der Waals surface area contributed by atoms with E-state index < -0.39 is 0 Å². The zero-order valence-electron chi connectivity index (χ0n) is 11.9. The Morgan fingerprint density at radius 2 is 2.05 bits per heavy atom. The van der Waals surface area contributed by atoms with Gasteiger partial charge >= 0.3 is 0 Å². The minimum Gasteiger partial charge on any atom is -0.314 e. The van der Waals surface area contributed by atoms with Crippen LogP contribution in [0.2, 0.25) is 0 Å². The van der Waals surface area contributed by atoms with Crippen LogP contribution in [0.3, 0.4) is 0 Å². The minimum atomic E-state index is 0.748. The molecule has 1 N–H and O–H groups in total. The first-order valence-corrected chi connectivity index (χ1v) is 7.76. The average Bonchev–Trinajstić information content (AvgIpc) is 2.69. The van der Waals surface area contributed by atoms with Gasteiger partial charge in [-0.05, 0) is 50.8 Å². The molecule has 1 aromatic rings. The lowest BCUT2D eigenvalue weighted by atomic mass is 9.97. The van der Waals surface area contributed by atoms with Crippen molar-refractivity contribution in [3.63, 3.8) is 0 Å². The van der Waals surface area contributed by atoms with Crippen LogP contribution in [0.25, 0.3) is 0 Å². The average molecular weight is 259 g/mol. The largest absolute Gasteiger partial charge is 0.314 e. The lowest BCUT2D eigenvalue weighted by molar-refractivity contribution is 0.108. The van der Waals surface area contributed by atoms with Gasteiger partial charge in [-0.15, -0.1) is 0 Å². The lowest BCUT2D eigenvalue weighted by Gasteiger charge is -2.39. The number of pyridine rings is 1. The van der Waals surface area contributed by atoms with Crippen molar-refractivity contribution in [2.75, 3.05) is 6.54 Å². The highest BCUT2D eigenvalue weighted by atomic mass is 15.2. The lowest BCUT2D eigenvalue weighted by Crippen LogP contribution is -2.48. The van der Waals surface area contributed by atoms with Crippen LogP contribution in [-0.4, -0.2) is 34.6 Å². The van der Waals surface area contributed by atoms with Crippen molar-refractivity contribution in [2.24, 2.45) is 0 Å². The molecule has 0 aromatic carbocycles. The van der Waals surface area contributed by atoms with E-state index in [-0.39, 0.29) is 0 Å². The summed E-state index contributed by atoms with van der Waals surface area (Å²) in [5.41, 5.74) is 1.22. The van der Waals surface area contributed by atoms with E-state index in [1.54, 1.807) is 0 Å². The molecule has 2 aliphatic rings. The van der Waals surface area contributed by atoms with E-state index in [4.69, 9.17) is 0 Å². The van der Waals surface area contributed by atoms with E-state index in [0.717, 1.165) is 24.7 Å². The zero-order valence-corrected chi connectivity index (χ0v) is 11.9. The summed E-state index contributed by atoms with van der Waals surface area (Å²) in [4.78, 5) is 7.18. The molecule has 19 heavy (non-hydrogen) atoms. The highest BCUT2D eigenvalue weighted by Gasteiger charge is 2.40. The topological polar surface area (TPSA) is 28.2 Å². The summed E-state index contributed by atoms with van der Waals surface area (Å²) in [6.45, 7) is 4.46. The molecule has 2 saturated heterocycles. The molecule has 0 radical (unpaired) electrons. The van der Waals surface area contributed by atoms with Crippen LogP contribution >= 0.6 is 0 Å². The van der Waals surface area contributed by atoms with Crippen LogP contribution in [-0.2, 0) is 6.54 Å². The molecule has 3 heteroatoms. The van der Waals surface area contributed by atoms with Gasteiger partial charge in [-0.2, -0.15) is 0 Å². The van der Waals surface area contributed by atoms with Crippen LogP contribution in [0.5, 0.6) is 0 Å². The molecule has 0 amide bonds. The summed E-state index contributed by atoms with van der Waals surface area (Å²) in [7, 11) is 0. The predicted molar refractivity (Wildman–Crippen MR) is 77.9 cm³/mol. The van der Waals surface area contributed by atoms with Crippen LogP contribution in [0, 0.1) is 0 Å². The third-order valence-electron chi connectivity index (χ3n) is 4.64. The van der Waals surface area contributed by atoms with Gasteiger partial charge in [-0.25, -0.2) is 0 Å². The molecule has 2 fully saturated rings. The van der Waals surface area contributed by atoms with Crippen LogP contribution in [0.1, 0.15) is 44.7 Å². The number of nitrogens with one attached hydrogen (secondary N) is 1. The number of piperidine rings is 1. The highest BCUT2D eigenvalue weighted by Crippen LogP contribution is 2.36. The Morgan fingerprint density at radius 3 is 2.68 bits per heavy atom. The van der Waals surface area contributed by atoms with Crippen molar-refractivity contribution in [3.05, 3.63) is 30.1 Å². The van der Waals surface area contributed by atoms with E-state index in [0.29, 0.717) is 0 Å². The first-order valence-electron chi connectivity index (χ1n) is 7.76. The van der Waals surface area contributed by atoms with Gasteiger partial charge in [0.1, 0.15) is 0 Å². The van der Waals surface area contributed by atoms with Crippen molar-refractivity contribution >= 4 is 0 Å². The normalized spacial score (nSPS) is 30.7. The number of aromatic nitrogens is 1. The second kappa shape index (κ2) is 6.02. The SMILES string of the molecule is CCCNC1CC2CCC(C1)N2Cc1ccccn1. The number of hydrogen-bond acceptors (Lipinski definition) is 3. The summed E-state index contributed by atoms with van der Waals surface area (Å²) in [6, 6.07) is 8.54. The molecule has 3 rings (SSSR count). The molecule has 3 heterocycles. The molecule has 2 atom stereocenters. The number of hydrogen-bond donors (Lipinski definition) is 1. The maximum atomic E-state index is 4.48. The highest BCUT2D eigenvalue weighted by molar-refractivity contribution is 5.06. The van der Waals surface area contributed by atoms with Gasteiger partial charge in [-0.1, -0.05) is 13.0 Å². The monoisotopic (exact) mass is 259 g/mol. The standard InChI is InChI=1S/C16H25N3/c1-2-8-17-14-10-15-6-7-16(11-14)19(15)12-13-5-3-4-9-18-13/h3-5,9,14-17H,2,6-8,10-12H2,1H3. The van der Waals surface area contributed by atoms with Crippen molar-refractivity contribution < 1.29 is 0 Å². The maximum absolute atomic E-state index is 4.48. The molecule has 0 saturated carbocycles. The Balaban J connectivity index is 1.60. The Hall–Kier alpha value is -0.930. The molecule has 1 aromatic heterocycles. The Kier molecular flexibility index (Phi) is 4.14. The van der Waals surface area contributed by atoms with Gasteiger partial charge < -0.3 is 5.32 Å². The van der Waals surface area contributed by atoms with E-state index in [1.165, 1.54) is 44.3 Å². The quantitative estimate of drug-likeness (QED) is 0.881. The molecule has 0 aliphatic carbocycles. The first-order chi connectivity index (χ1) is 9.36. The zero-order chi connectivity index (χ0) is 13.1. The fourth-order valence-corrected chi connectivity index (χ4v) is 3.73. The molecule has 0 spiro atoms. The van der Waals surface area contributed by atoms with Crippen molar-refractivity contribution in [3.8, 4) is 0 Å². The van der Waals surface area contributed by atoms with Crippen LogP contribution < -0.4 is 5.32 Å². The van der Waals surface area contributed by atoms with Crippen LogP contribution in [0.15, 0.2) is 24.4 Å². The predicted octanol–water partition coefficient (Wildman–Crippen LogP) is 2.58. The summed E-state index contributed by atoms with van der Waals surface area (Å²) >= 11 is 0. The van der Waals surface area contributed by atoms with Gasteiger partial charge in [0.05, 0.1) is 5.69 Å². The van der Waals surface area contributed by atoms with Gasteiger partial charge in [0.25, 0.3) is 0 Å². The molecule has 104 valence electrons. The molecule has 2 aliphatic heterocycles. The second-order valence-corrected chi connectivity index (χ2v) is 6.00. The third kappa shape index (κ3) is 2.98. The molecule has 2 unspecified atom stereocenters. The van der Waals surface area contributed by atoms with Crippen LogP contribution in [0.4, 0.5) is 0 Å². The van der Waals surface area contributed by atoms with E-state index in [1.807, 2.05) is 12.3 Å². The number of nitrogens with zero attached hydrogens (tertiary/aromatic N) is 2. The summed E-state index contributed by atoms with van der Waals surface area (Å²) in [6.07, 6.45) is 8.55. The fraction of sp³-hybridized carbons (Fsp3) is 0.688. The Morgan fingerprint density at radius 1 is 1.26 bits per heavy atom. The smallest absolute Gasteiger partial charge is 0.0544 e. The van der Waals surface area contributed by atoms with Crippen molar-refractivity contribution in [2.45, 2.75) is 63.7 Å². The van der Waals surface area contributed by atoms with Gasteiger partial charge in [0.2, 0.25) is 0 Å². The molecule has 3 nitrogen and oxygen atoms in total. The van der Waals surface area contributed by atoms with E-state index in [9.17, 15) is 0 Å². The molecular weight excluding hydrogens is 234 g/mol. The van der Waals surface area contributed by atoms with E-state index in [2.05, 4.69) is 34.3 Å². The molecule has 2 bridgehead atoms. The first kappa shape index (κ1) is 13.1. The number of fused-ring (bicyclic) bond motifs is 2. The van der Waals surface area contributed by atoms with Gasteiger partial charge in [-0.3, -0.25) is 9.88 Å². The second-order valence-electron chi connectivity index (χ2n) is 6.00. The number of rotatable bonds is 5. The van der Waals surface area contributed by atoms with Crippen molar-refractivity contribution in [1.82, 2.24) is 15.2 Å². The van der Waals surface area contributed by atoms with Gasteiger partial charge in [0.15, 0.2) is 0 Å². The molecular formula is C16H25N3. The Labute approximate surface area is 116 Å². The maximum Gasteiger partial charge on any atom is 0.0544 e. The van der Waals surface area contributed by atoms with Gasteiger partial charge in [0, 0.05) is 30.9 Å².